The number of thiocarbonyl (C=S) groups is 1. The Balaban J connectivity index is 1.40. The van der Waals surface area contributed by atoms with Gasteiger partial charge in [-0.2, -0.15) is 0 Å². The van der Waals surface area contributed by atoms with Crippen LogP contribution in [0.3, 0.4) is 0 Å². The highest BCUT2D eigenvalue weighted by atomic mass is 32.1. The summed E-state index contributed by atoms with van der Waals surface area (Å²) in [6.45, 7) is 2.54. The monoisotopic (exact) mass is 375 g/mol. The number of hydrogen-bond acceptors (Lipinski definition) is 2. The Hall–Kier alpha value is -2.66. The van der Waals surface area contributed by atoms with Gasteiger partial charge in [-0.1, -0.05) is 42.5 Å². The molecule has 0 spiro atoms. The van der Waals surface area contributed by atoms with E-state index in [1.54, 1.807) is 6.07 Å². The molecular formula is C22H21N3OS. The number of aromatic nitrogens is 1. The molecule has 2 aromatic carbocycles. The zero-order valence-electron chi connectivity index (χ0n) is 15.0. The molecule has 2 aliphatic heterocycles. The van der Waals surface area contributed by atoms with Crippen LogP contribution in [-0.4, -0.2) is 27.7 Å². The minimum Gasteiger partial charge on any atom is -0.348 e. The second-order valence-electron chi connectivity index (χ2n) is 7.56. The predicted octanol–water partition coefficient (Wildman–Crippen LogP) is 3.82. The Morgan fingerprint density at radius 1 is 0.963 bits per heavy atom. The highest BCUT2D eigenvalue weighted by molar-refractivity contribution is 7.80. The van der Waals surface area contributed by atoms with Gasteiger partial charge in [-0.3, -0.25) is 4.79 Å². The third-order valence-electron chi connectivity index (χ3n) is 5.80. The van der Waals surface area contributed by atoms with E-state index in [-0.39, 0.29) is 5.56 Å². The molecular weight excluding hydrogens is 354 g/mol. The topological polar surface area (TPSA) is 37.3 Å². The van der Waals surface area contributed by atoms with Gasteiger partial charge in [0.15, 0.2) is 5.11 Å². The van der Waals surface area contributed by atoms with Crippen LogP contribution in [-0.2, 0) is 6.54 Å². The lowest BCUT2D eigenvalue weighted by atomic mass is 9.83. The van der Waals surface area contributed by atoms with E-state index in [9.17, 15) is 4.79 Å². The molecule has 2 aliphatic rings. The highest BCUT2D eigenvalue weighted by Gasteiger charge is 2.35. The maximum absolute atomic E-state index is 12.2. The van der Waals surface area contributed by atoms with Gasteiger partial charge in [0.2, 0.25) is 0 Å². The van der Waals surface area contributed by atoms with E-state index in [1.165, 1.54) is 10.8 Å². The molecule has 0 saturated carbocycles. The minimum atomic E-state index is 0.118. The van der Waals surface area contributed by atoms with Crippen molar-refractivity contribution in [2.75, 3.05) is 18.4 Å². The van der Waals surface area contributed by atoms with Crippen molar-refractivity contribution in [1.82, 2.24) is 9.47 Å². The summed E-state index contributed by atoms with van der Waals surface area (Å²) in [6, 6.07) is 20.2. The van der Waals surface area contributed by atoms with E-state index in [1.807, 2.05) is 10.6 Å². The van der Waals surface area contributed by atoms with Crippen molar-refractivity contribution in [3.8, 4) is 0 Å². The second-order valence-corrected chi connectivity index (χ2v) is 7.95. The smallest absolute Gasteiger partial charge is 0.250 e. The normalized spacial score (nSPS) is 21.0. The molecule has 2 atom stereocenters. The molecule has 0 aliphatic carbocycles. The molecule has 2 bridgehead atoms. The van der Waals surface area contributed by atoms with Gasteiger partial charge in [-0.15, -0.1) is 0 Å². The average molecular weight is 375 g/mol. The summed E-state index contributed by atoms with van der Waals surface area (Å²) in [5.74, 6) is 0.822. The van der Waals surface area contributed by atoms with E-state index >= 15 is 0 Å². The van der Waals surface area contributed by atoms with Gasteiger partial charge in [-0.05, 0) is 42.1 Å². The van der Waals surface area contributed by atoms with Gasteiger partial charge in [-0.25, -0.2) is 0 Å². The van der Waals surface area contributed by atoms with Crippen LogP contribution in [0.1, 0.15) is 18.0 Å². The van der Waals surface area contributed by atoms with Crippen molar-refractivity contribution in [2.45, 2.75) is 18.9 Å². The van der Waals surface area contributed by atoms with Crippen molar-refractivity contribution in [1.29, 1.82) is 0 Å². The lowest BCUT2D eigenvalue weighted by molar-refractivity contribution is 0.180. The van der Waals surface area contributed by atoms with Crippen molar-refractivity contribution in [3.05, 3.63) is 76.7 Å². The largest absolute Gasteiger partial charge is 0.348 e. The van der Waals surface area contributed by atoms with E-state index in [0.717, 1.165) is 42.5 Å². The first-order chi connectivity index (χ1) is 13.2. The molecule has 4 nitrogen and oxygen atoms in total. The quantitative estimate of drug-likeness (QED) is 0.656. The first kappa shape index (κ1) is 16.5. The summed E-state index contributed by atoms with van der Waals surface area (Å²) in [7, 11) is 0. The maximum atomic E-state index is 12.2. The van der Waals surface area contributed by atoms with Crippen LogP contribution in [0, 0.1) is 5.92 Å². The van der Waals surface area contributed by atoms with Gasteiger partial charge in [0.1, 0.15) is 0 Å². The van der Waals surface area contributed by atoms with E-state index in [0.29, 0.717) is 11.8 Å². The number of nitrogens with zero attached hydrogens (tertiary/aromatic N) is 2. The molecule has 3 heterocycles. The SMILES string of the molecule is O=c1cccc2n1C[C@@H]1C[C@H]2CN(C(=S)Nc2cccc3ccccc23)C1. The molecule has 1 N–H and O–H groups in total. The Kier molecular flexibility index (Phi) is 3.97. The fraction of sp³-hybridized carbons (Fsp3) is 0.273. The lowest BCUT2D eigenvalue weighted by Crippen LogP contribution is -2.50. The average Bonchev–Trinajstić information content (AvgIpc) is 2.69. The number of fused-ring (bicyclic) bond motifs is 5. The number of nitrogens with one attached hydrogen (secondary N) is 1. The van der Waals surface area contributed by atoms with Crippen molar-refractivity contribution in [3.63, 3.8) is 0 Å². The van der Waals surface area contributed by atoms with Gasteiger partial charge in [0, 0.05) is 48.4 Å². The van der Waals surface area contributed by atoms with Crippen molar-refractivity contribution >= 4 is 33.8 Å². The third kappa shape index (κ3) is 2.92. The summed E-state index contributed by atoms with van der Waals surface area (Å²) in [5.41, 5.74) is 2.31. The molecule has 3 aromatic rings. The zero-order valence-corrected chi connectivity index (χ0v) is 15.8. The van der Waals surface area contributed by atoms with Crippen molar-refractivity contribution in [2.24, 2.45) is 5.92 Å². The van der Waals surface area contributed by atoms with Crippen LogP contribution >= 0.6 is 12.2 Å². The van der Waals surface area contributed by atoms with Crippen LogP contribution in [0.4, 0.5) is 5.69 Å². The first-order valence-electron chi connectivity index (χ1n) is 9.42. The van der Waals surface area contributed by atoms with E-state index in [2.05, 4.69) is 58.7 Å². The number of anilines is 1. The first-order valence-corrected chi connectivity index (χ1v) is 9.83. The van der Waals surface area contributed by atoms with Gasteiger partial charge < -0.3 is 14.8 Å². The molecule has 5 rings (SSSR count). The van der Waals surface area contributed by atoms with Crippen LogP contribution in [0.5, 0.6) is 0 Å². The Morgan fingerprint density at radius 3 is 2.70 bits per heavy atom. The van der Waals surface area contributed by atoms with Gasteiger partial charge >= 0.3 is 0 Å². The molecule has 0 radical (unpaired) electrons. The minimum absolute atomic E-state index is 0.118. The molecule has 1 aromatic heterocycles. The van der Waals surface area contributed by atoms with E-state index in [4.69, 9.17) is 12.2 Å². The third-order valence-corrected chi connectivity index (χ3v) is 6.16. The Bertz CT molecular complexity index is 1080. The number of rotatable bonds is 1. The summed E-state index contributed by atoms with van der Waals surface area (Å²) in [4.78, 5) is 14.5. The highest BCUT2D eigenvalue weighted by Crippen LogP contribution is 2.35. The molecule has 0 amide bonds. The fourth-order valence-corrected chi connectivity index (χ4v) is 4.85. The second kappa shape index (κ2) is 6.50. The standard InChI is InChI=1S/C22H21N3OS/c26-21-10-4-9-20-17-11-15(13-25(20)21)12-24(14-17)22(27)23-19-8-3-6-16-5-1-2-7-18(16)19/h1-10,15,17H,11-14H2,(H,23,27)/t15-,17+/m1/s1. The summed E-state index contributed by atoms with van der Waals surface area (Å²) in [6.07, 6.45) is 1.14. The molecule has 136 valence electrons. The van der Waals surface area contributed by atoms with Gasteiger partial charge in [0.05, 0.1) is 0 Å². The number of piperidine rings is 1. The number of pyridine rings is 1. The summed E-state index contributed by atoms with van der Waals surface area (Å²) >= 11 is 5.77. The van der Waals surface area contributed by atoms with Crippen LogP contribution in [0.2, 0.25) is 0 Å². The Labute approximate surface area is 163 Å². The molecule has 1 saturated heterocycles. The molecule has 1 fully saturated rings. The fourth-order valence-electron chi connectivity index (χ4n) is 4.59. The number of likely N-dealkylation sites (tertiary alicyclic amines) is 1. The van der Waals surface area contributed by atoms with E-state index < -0.39 is 0 Å². The van der Waals surface area contributed by atoms with Crippen LogP contribution in [0.25, 0.3) is 10.8 Å². The molecule has 27 heavy (non-hydrogen) atoms. The predicted molar refractivity (Wildman–Crippen MR) is 113 cm³/mol. The summed E-state index contributed by atoms with van der Waals surface area (Å²) < 4.78 is 1.96. The van der Waals surface area contributed by atoms with Gasteiger partial charge in [0.25, 0.3) is 5.56 Å². The zero-order chi connectivity index (χ0) is 18.4. The molecule has 5 heteroatoms. The lowest BCUT2D eigenvalue weighted by Gasteiger charge is -2.43. The van der Waals surface area contributed by atoms with Crippen LogP contribution < -0.4 is 10.9 Å². The summed E-state index contributed by atoms with van der Waals surface area (Å²) in [5, 5.41) is 6.62. The molecule has 0 unspecified atom stereocenters. The van der Waals surface area contributed by atoms with Crippen LogP contribution in [0.15, 0.2) is 65.5 Å². The van der Waals surface area contributed by atoms with Crippen molar-refractivity contribution < 1.29 is 0 Å². The Morgan fingerprint density at radius 2 is 1.78 bits per heavy atom. The maximum Gasteiger partial charge on any atom is 0.250 e. The number of benzene rings is 2. The number of hydrogen-bond donors (Lipinski definition) is 1.